The summed E-state index contributed by atoms with van der Waals surface area (Å²) in [6.45, 7) is 3.73. The fraction of sp³-hybridized carbons (Fsp3) is 0.833. The number of hydrogen-bond donors (Lipinski definition) is 2. The Kier molecular flexibility index (Phi) is 5.41. The summed E-state index contributed by atoms with van der Waals surface area (Å²) in [6, 6.07) is -0.316. The minimum atomic E-state index is -0.897. The van der Waals surface area contributed by atoms with Crippen LogP contribution in [-0.2, 0) is 14.3 Å². The van der Waals surface area contributed by atoms with Gasteiger partial charge in [0.05, 0.1) is 18.6 Å². The Balaban J connectivity index is 2.14. The van der Waals surface area contributed by atoms with Crippen LogP contribution in [0.5, 0.6) is 0 Å². The van der Waals surface area contributed by atoms with E-state index in [1.165, 1.54) is 0 Å². The molecule has 0 aromatic heterocycles. The summed E-state index contributed by atoms with van der Waals surface area (Å²) >= 11 is 0. The molecule has 1 heterocycles. The van der Waals surface area contributed by atoms with E-state index >= 15 is 0 Å². The highest BCUT2D eigenvalue weighted by molar-refractivity contribution is 5.77. The molecule has 98 valence electrons. The Bertz CT molecular complexity index is 280. The van der Waals surface area contributed by atoms with Crippen LogP contribution in [0.2, 0.25) is 0 Å². The Morgan fingerprint density at radius 2 is 2.18 bits per heavy atom. The normalized spacial score (nSPS) is 25.5. The average Bonchev–Trinajstić information content (AvgIpc) is 2.59. The third kappa shape index (κ3) is 5.68. The number of rotatable bonds is 6. The van der Waals surface area contributed by atoms with E-state index in [0.717, 1.165) is 19.3 Å². The van der Waals surface area contributed by atoms with Crippen molar-refractivity contribution in [3.05, 3.63) is 0 Å². The monoisotopic (exact) mass is 243 g/mol. The van der Waals surface area contributed by atoms with E-state index in [1.54, 1.807) is 6.92 Å². The van der Waals surface area contributed by atoms with Crippen molar-refractivity contribution in [2.75, 3.05) is 0 Å². The molecule has 5 nitrogen and oxygen atoms in total. The molecule has 0 bridgehead atoms. The maximum Gasteiger partial charge on any atom is 0.305 e. The first-order valence-corrected chi connectivity index (χ1v) is 6.14. The number of carbonyl (C=O) groups is 2. The van der Waals surface area contributed by atoms with Crippen molar-refractivity contribution in [2.24, 2.45) is 0 Å². The van der Waals surface area contributed by atoms with E-state index < -0.39 is 5.97 Å². The van der Waals surface area contributed by atoms with Crippen molar-refractivity contribution in [1.82, 2.24) is 5.32 Å². The largest absolute Gasteiger partial charge is 0.481 e. The molecule has 0 aromatic carbocycles. The Morgan fingerprint density at radius 1 is 1.47 bits per heavy atom. The molecule has 0 spiro atoms. The van der Waals surface area contributed by atoms with Gasteiger partial charge >= 0.3 is 5.97 Å². The number of hydrogen-bond acceptors (Lipinski definition) is 3. The first-order valence-electron chi connectivity index (χ1n) is 6.14. The molecule has 1 aliphatic rings. The van der Waals surface area contributed by atoms with Gasteiger partial charge in [-0.2, -0.15) is 0 Å². The van der Waals surface area contributed by atoms with Crippen LogP contribution in [0.4, 0.5) is 0 Å². The molecule has 0 saturated carbocycles. The maximum atomic E-state index is 11.5. The highest BCUT2D eigenvalue weighted by Gasteiger charge is 2.22. The molecule has 17 heavy (non-hydrogen) atoms. The first kappa shape index (κ1) is 14.0. The van der Waals surface area contributed by atoms with Crippen LogP contribution in [0.1, 0.15) is 46.0 Å². The van der Waals surface area contributed by atoms with Crippen molar-refractivity contribution in [3.63, 3.8) is 0 Å². The predicted molar refractivity (Wildman–Crippen MR) is 62.7 cm³/mol. The fourth-order valence-corrected chi connectivity index (χ4v) is 2.05. The Hall–Kier alpha value is -1.10. The van der Waals surface area contributed by atoms with E-state index in [0.29, 0.717) is 12.5 Å². The minimum absolute atomic E-state index is 0.0390. The van der Waals surface area contributed by atoms with Gasteiger partial charge in [0.15, 0.2) is 0 Å². The topological polar surface area (TPSA) is 75.6 Å². The van der Waals surface area contributed by atoms with Gasteiger partial charge in [0.1, 0.15) is 0 Å². The molecule has 0 aliphatic carbocycles. The molecular weight excluding hydrogens is 222 g/mol. The highest BCUT2D eigenvalue weighted by atomic mass is 16.5. The summed E-state index contributed by atoms with van der Waals surface area (Å²) in [4.78, 5) is 21.9. The van der Waals surface area contributed by atoms with Crippen molar-refractivity contribution >= 4 is 11.9 Å². The second-order valence-corrected chi connectivity index (χ2v) is 4.75. The zero-order chi connectivity index (χ0) is 12.8. The Labute approximate surface area is 102 Å². The van der Waals surface area contributed by atoms with Crippen LogP contribution in [0.25, 0.3) is 0 Å². The van der Waals surface area contributed by atoms with Gasteiger partial charge in [-0.05, 0) is 33.1 Å². The summed E-state index contributed by atoms with van der Waals surface area (Å²) in [5.41, 5.74) is 0. The van der Waals surface area contributed by atoms with E-state index in [9.17, 15) is 9.59 Å². The van der Waals surface area contributed by atoms with Crippen LogP contribution < -0.4 is 5.32 Å². The van der Waals surface area contributed by atoms with Gasteiger partial charge in [-0.25, -0.2) is 0 Å². The van der Waals surface area contributed by atoms with Gasteiger partial charge in [0.25, 0.3) is 0 Å². The summed E-state index contributed by atoms with van der Waals surface area (Å²) in [6.07, 6.45) is 3.64. The second kappa shape index (κ2) is 6.59. The van der Waals surface area contributed by atoms with Crippen molar-refractivity contribution < 1.29 is 19.4 Å². The van der Waals surface area contributed by atoms with Gasteiger partial charge in [-0.15, -0.1) is 0 Å². The lowest BCUT2D eigenvalue weighted by Gasteiger charge is -2.13. The van der Waals surface area contributed by atoms with Crippen LogP contribution in [0, 0.1) is 0 Å². The lowest BCUT2D eigenvalue weighted by atomic mass is 10.1. The molecule has 0 radical (unpaired) electrons. The molecule has 5 heteroatoms. The summed E-state index contributed by atoms with van der Waals surface area (Å²) < 4.78 is 5.61. The third-order valence-electron chi connectivity index (χ3n) is 2.90. The molecule has 1 rings (SSSR count). The lowest BCUT2D eigenvalue weighted by Crippen LogP contribution is -2.34. The number of ether oxygens (including phenoxy) is 1. The molecule has 1 amide bonds. The van der Waals surface area contributed by atoms with Crippen LogP contribution in [0.15, 0.2) is 0 Å². The molecule has 2 N–H and O–H groups in total. The number of carboxylic acids is 1. The smallest absolute Gasteiger partial charge is 0.305 e. The molecule has 1 saturated heterocycles. The Morgan fingerprint density at radius 3 is 2.71 bits per heavy atom. The first-order chi connectivity index (χ1) is 7.97. The van der Waals surface area contributed by atoms with Crippen LogP contribution >= 0.6 is 0 Å². The maximum absolute atomic E-state index is 11.5. The van der Waals surface area contributed by atoms with Gasteiger partial charge < -0.3 is 15.2 Å². The standard InChI is InChI=1S/C12H21NO4/c1-8(7-12(15)16)13-11(14)6-5-10-4-3-9(2)17-10/h8-10H,3-7H2,1-2H3,(H,13,14)(H,15,16). The highest BCUT2D eigenvalue weighted by Crippen LogP contribution is 2.22. The SMILES string of the molecule is CC(CC(=O)O)NC(=O)CCC1CCC(C)O1. The van der Waals surface area contributed by atoms with E-state index in [-0.39, 0.29) is 24.5 Å². The van der Waals surface area contributed by atoms with E-state index in [1.807, 2.05) is 6.92 Å². The van der Waals surface area contributed by atoms with E-state index in [4.69, 9.17) is 9.84 Å². The summed E-state index contributed by atoms with van der Waals surface area (Å²) in [5.74, 6) is -0.993. The molecule has 3 unspecified atom stereocenters. The number of carbonyl (C=O) groups excluding carboxylic acids is 1. The van der Waals surface area contributed by atoms with Gasteiger partial charge in [-0.3, -0.25) is 9.59 Å². The van der Waals surface area contributed by atoms with Crippen molar-refractivity contribution in [2.45, 2.75) is 64.2 Å². The number of aliphatic carboxylic acids is 1. The molecule has 0 aromatic rings. The summed E-state index contributed by atoms with van der Waals surface area (Å²) in [7, 11) is 0. The van der Waals surface area contributed by atoms with Crippen molar-refractivity contribution in [3.8, 4) is 0 Å². The minimum Gasteiger partial charge on any atom is -0.481 e. The summed E-state index contributed by atoms with van der Waals surface area (Å²) in [5, 5.41) is 11.2. The molecule has 1 fully saturated rings. The number of carboxylic acid groups (broad SMARTS) is 1. The van der Waals surface area contributed by atoms with Crippen molar-refractivity contribution in [1.29, 1.82) is 0 Å². The quantitative estimate of drug-likeness (QED) is 0.737. The molecule has 3 atom stereocenters. The lowest BCUT2D eigenvalue weighted by molar-refractivity contribution is -0.137. The van der Waals surface area contributed by atoms with Crippen LogP contribution in [-0.4, -0.2) is 35.2 Å². The molecular formula is C12H21NO4. The predicted octanol–water partition coefficient (Wildman–Crippen LogP) is 1.31. The third-order valence-corrected chi connectivity index (χ3v) is 2.90. The second-order valence-electron chi connectivity index (χ2n) is 4.75. The zero-order valence-electron chi connectivity index (χ0n) is 10.4. The number of nitrogens with one attached hydrogen (secondary N) is 1. The van der Waals surface area contributed by atoms with Gasteiger partial charge in [0.2, 0.25) is 5.91 Å². The average molecular weight is 243 g/mol. The van der Waals surface area contributed by atoms with Crippen LogP contribution in [0.3, 0.4) is 0 Å². The van der Waals surface area contributed by atoms with E-state index in [2.05, 4.69) is 5.32 Å². The fourth-order valence-electron chi connectivity index (χ4n) is 2.05. The molecule has 1 aliphatic heterocycles. The van der Waals surface area contributed by atoms with Gasteiger partial charge in [-0.1, -0.05) is 0 Å². The van der Waals surface area contributed by atoms with Gasteiger partial charge in [0, 0.05) is 12.5 Å². The zero-order valence-corrected chi connectivity index (χ0v) is 10.4. The number of amides is 1.